The van der Waals surface area contributed by atoms with E-state index < -0.39 is 17.9 Å². The van der Waals surface area contributed by atoms with Crippen LogP contribution in [0.2, 0.25) is 0 Å². The number of hydrogen-bond donors (Lipinski definition) is 0. The topological polar surface area (TPSA) is 48.0 Å². The molecule has 5 nitrogen and oxygen atoms in total. The third-order valence-corrected chi connectivity index (χ3v) is 3.63. The lowest BCUT2D eigenvalue weighted by molar-refractivity contribution is -0.137. The zero-order valence-electron chi connectivity index (χ0n) is 13.8. The minimum absolute atomic E-state index is 0.197. The number of ether oxygens (including phenoxy) is 3. The van der Waals surface area contributed by atoms with Crippen LogP contribution in [-0.4, -0.2) is 44.4 Å². The molecule has 0 atom stereocenters. The van der Waals surface area contributed by atoms with Crippen LogP contribution in [0.15, 0.2) is 36.1 Å². The van der Waals surface area contributed by atoms with Crippen LogP contribution in [0.1, 0.15) is 18.4 Å². The molecule has 1 aliphatic rings. The summed E-state index contributed by atoms with van der Waals surface area (Å²) in [7, 11) is 1.24. The summed E-state index contributed by atoms with van der Waals surface area (Å²) in [6.45, 7) is 2.28. The Morgan fingerprint density at radius 1 is 1.32 bits per heavy atom. The van der Waals surface area contributed by atoms with Crippen LogP contribution in [0.5, 0.6) is 5.75 Å². The van der Waals surface area contributed by atoms with Crippen LogP contribution >= 0.6 is 0 Å². The molecular weight excluding hydrogens is 339 g/mol. The van der Waals surface area contributed by atoms with E-state index in [0.29, 0.717) is 31.9 Å². The maximum Gasteiger partial charge on any atom is 0.513 e. The first kappa shape index (κ1) is 19.1. The van der Waals surface area contributed by atoms with Gasteiger partial charge in [0.2, 0.25) is 0 Å². The Morgan fingerprint density at radius 2 is 2.12 bits per heavy atom. The van der Waals surface area contributed by atoms with E-state index >= 15 is 0 Å². The number of carbonyl (C=O) groups excluding carboxylic acids is 1. The number of rotatable bonds is 6. The monoisotopic (exact) mass is 359 g/mol. The van der Waals surface area contributed by atoms with Crippen LogP contribution in [0.3, 0.4) is 0 Å². The molecule has 0 aromatic heterocycles. The number of carbonyl (C=O) groups is 1. The van der Waals surface area contributed by atoms with E-state index in [4.69, 9.17) is 9.47 Å². The first-order chi connectivity index (χ1) is 11.9. The highest BCUT2D eigenvalue weighted by Gasteiger charge is 2.30. The average Bonchev–Trinajstić information content (AvgIpc) is 2.58. The molecule has 2 rings (SSSR count). The van der Waals surface area contributed by atoms with Crippen molar-refractivity contribution in [3.63, 3.8) is 0 Å². The van der Waals surface area contributed by atoms with Crippen molar-refractivity contribution in [3.05, 3.63) is 41.7 Å². The lowest BCUT2D eigenvalue weighted by Gasteiger charge is -2.26. The van der Waals surface area contributed by atoms with Gasteiger partial charge in [-0.1, -0.05) is 6.07 Å². The van der Waals surface area contributed by atoms with Crippen molar-refractivity contribution in [2.24, 2.45) is 0 Å². The van der Waals surface area contributed by atoms with Crippen molar-refractivity contribution in [1.82, 2.24) is 4.90 Å². The first-order valence-electron chi connectivity index (χ1n) is 7.86. The Labute approximate surface area is 144 Å². The summed E-state index contributed by atoms with van der Waals surface area (Å²) >= 11 is 0. The Balaban J connectivity index is 1.73. The Hall–Kier alpha value is -2.22. The molecule has 1 aliphatic heterocycles. The fraction of sp³-hybridized carbons (Fsp3) is 0.471. The number of halogens is 3. The fourth-order valence-electron chi connectivity index (χ4n) is 2.43. The molecule has 0 fully saturated rings. The smallest absolute Gasteiger partial charge is 0.494 e. The van der Waals surface area contributed by atoms with E-state index in [-0.39, 0.29) is 5.75 Å². The van der Waals surface area contributed by atoms with Crippen molar-refractivity contribution in [3.8, 4) is 5.75 Å². The third kappa shape index (κ3) is 6.30. The number of benzene rings is 1. The molecule has 8 heteroatoms. The molecule has 138 valence electrons. The van der Waals surface area contributed by atoms with Gasteiger partial charge >= 0.3 is 12.3 Å². The van der Waals surface area contributed by atoms with Gasteiger partial charge in [-0.05, 0) is 37.1 Å². The quantitative estimate of drug-likeness (QED) is 0.570. The van der Waals surface area contributed by atoms with Crippen LogP contribution in [0.4, 0.5) is 18.0 Å². The molecule has 1 aromatic rings. The fourth-order valence-corrected chi connectivity index (χ4v) is 2.43. The van der Waals surface area contributed by atoms with Crippen molar-refractivity contribution in [2.45, 2.75) is 19.0 Å². The van der Waals surface area contributed by atoms with Gasteiger partial charge in [-0.3, -0.25) is 4.90 Å². The zero-order chi connectivity index (χ0) is 18.3. The Kier molecular flexibility index (Phi) is 6.69. The van der Waals surface area contributed by atoms with Gasteiger partial charge in [0, 0.05) is 13.1 Å². The third-order valence-electron chi connectivity index (χ3n) is 3.63. The van der Waals surface area contributed by atoms with E-state index in [1.165, 1.54) is 19.2 Å². The molecule has 0 N–H and O–H groups in total. The zero-order valence-corrected chi connectivity index (χ0v) is 13.8. The number of methoxy groups -OCH3 is 1. The van der Waals surface area contributed by atoms with Crippen molar-refractivity contribution < 1.29 is 32.2 Å². The summed E-state index contributed by atoms with van der Waals surface area (Å²) in [5, 5.41) is 0. The minimum atomic E-state index is -4.38. The summed E-state index contributed by atoms with van der Waals surface area (Å²) in [6.07, 6.45) is -1.90. The molecule has 25 heavy (non-hydrogen) atoms. The van der Waals surface area contributed by atoms with Gasteiger partial charge in [0.25, 0.3) is 0 Å². The second kappa shape index (κ2) is 8.75. The molecule has 0 unspecified atom stereocenters. The predicted molar refractivity (Wildman–Crippen MR) is 84.2 cm³/mol. The molecule has 1 aromatic carbocycles. The van der Waals surface area contributed by atoms with Gasteiger partial charge in [0.15, 0.2) is 0 Å². The molecule has 0 bridgehead atoms. The van der Waals surface area contributed by atoms with Crippen LogP contribution in [0.25, 0.3) is 0 Å². The minimum Gasteiger partial charge on any atom is -0.494 e. The number of alkyl halides is 3. The SMILES string of the molecule is COC(=O)OC1=CCCN(CCCOc2cccc(C(F)(F)F)c2)C1. The average molecular weight is 359 g/mol. The van der Waals surface area contributed by atoms with Gasteiger partial charge in [-0.25, -0.2) is 4.79 Å². The second-order valence-corrected chi connectivity index (χ2v) is 5.52. The number of hydrogen-bond acceptors (Lipinski definition) is 5. The highest BCUT2D eigenvalue weighted by molar-refractivity contribution is 5.61. The Bertz CT molecular complexity index is 616. The molecule has 0 amide bonds. The number of nitrogens with zero attached hydrogens (tertiary/aromatic N) is 1. The van der Waals surface area contributed by atoms with Gasteiger partial charge in [0.1, 0.15) is 11.5 Å². The Morgan fingerprint density at radius 3 is 2.84 bits per heavy atom. The molecule has 0 aliphatic carbocycles. The van der Waals surface area contributed by atoms with E-state index in [9.17, 15) is 18.0 Å². The molecular formula is C17H20F3NO4. The first-order valence-corrected chi connectivity index (χ1v) is 7.86. The largest absolute Gasteiger partial charge is 0.513 e. The highest BCUT2D eigenvalue weighted by atomic mass is 19.4. The molecule has 1 heterocycles. The molecule has 0 radical (unpaired) electrons. The van der Waals surface area contributed by atoms with Gasteiger partial charge in [-0.2, -0.15) is 13.2 Å². The lowest BCUT2D eigenvalue weighted by atomic mass is 10.2. The van der Waals surface area contributed by atoms with Crippen LogP contribution < -0.4 is 4.74 Å². The van der Waals surface area contributed by atoms with Crippen molar-refractivity contribution in [2.75, 3.05) is 33.4 Å². The maximum absolute atomic E-state index is 12.6. The van der Waals surface area contributed by atoms with E-state index in [1.54, 1.807) is 0 Å². The molecule has 0 spiro atoms. The predicted octanol–water partition coefficient (Wildman–Crippen LogP) is 3.85. The summed E-state index contributed by atoms with van der Waals surface area (Å²) in [4.78, 5) is 13.2. The van der Waals surface area contributed by atoms with Gasteiger partial charge in [0.05, 0.1) is 25.8 Å². The maximum atomic E-state index is 12.6. The second-order valence-electron chi connectivity index (χ2n) is 5.52. The van der Waals surface area contributed by atoms with E-state index in [0.717, 1.165) is 25.1 Å². The van der Waals surface area contributed by atoms with Gasteiger partial charge < -0.3 is 14.2 Å². The van der Waals surface area contributed by atoms with Crippen LogP contribution in [-0.2, 0) is 15.7 Å². The van der Waals surface area contributed by atoms with E-state index in [2.05, 4.69) is 9.64 Å². The van der Waals surface area contributed by atoms with Crippen molar-refractivity contribution in [1.29, 1.82) is 0 Å². The van der Waals surface area contributed by atoms with E-state index in [1.807, 2.05) is 6.08 Å². The highest BCUT2D eigenvalue weighted by Crippen LogP contribution is 2.31. The standard InChI is InChI=1S/C17H20F3NO4/c1-23-16(22)25-15-7-3-8-21(12-15)9-4-10-24-14-6-2-5-13(11-14)17(18,19)20/h2,5-7,11H,3-4,8-10,12H2,1H3. The molecule has 0 saturated carbocycles. The molecule has 0 saturated heterocycles. The van der Waals surface area contributed by atoms with Crippen molar-refractivity contribution >= 4 is 6.16 Å². The summed E-state index contributed by atoms with van der Waals surface area (Å²) < 4.78 is 52.8. The summed E-state index contributed by atoms with van der Waals surface area (Å²) in [6, 6.07) is 4.83. The summed E-state index contributed by atoms with van der Waals surface area (Å²) in [5.74, 6) is 0.736. The van der Waals surface area contributed by atoms with Crippen LogP contribution in [0, 0.1) is 0 Å². The van der Waals surface area contributed by atoms with Gasteiger partial charge in [-0.15, -0.1) is 0 Å². The summed E-state index contributed by atoms with van der Waals surface area (Å²) in [5.41, 5.74) is -0.726. The normalized spacial score (nSPS) is 15.4. The lowest BCUT2D eigenvalue weighted by Crippen LogP contribution is -2.32.